The van der Waals surface area contributed by atoms with Gasteiger partial charge >= 0.3 is 5.97 Å². The molecule has 1 unspecified atom stereocenters. The van der Waals surface area contributed by atoms with Crippen molar-refractivity contribution in [3.63, 3.8) is 0 Å². The van der Waals surface area contributed by atoms with Crippen LogP contribution in [0.3, 0.4) is 0 Å². The lowest BCUT2D eigenvalue weighted by molar-refractivity contribution is -0.136. The first-order chi connectivity index (χ1) is 9.72. The minimum absolute atomic E-state index is 0.129. The molecule has 0 radical (unpaired) electrons. The normalized spacial score (nSPS) is 13.5. The van der Waals surface area contributed by atoms with E-state index in [0.717, 1.165) is 6.92 Å². The summed E-state index contributed by atoms with van der Waals surface area (Å²) in [6, 6.07) is 1.70. The number of sulfonamides is 1. The van der Waals surface area contributed by atoms with Gasteiger partial charge in [0, 0.05) is 11.4 Å². The summed E-state index contributed by atoms with van der Waals surface area (Å²) in [6.45, 7) is 5.02. The van der Waals surface area contributed by atoms with Crippen LogP contribution in [0.2, 0.25) is 0 Å². The third-order valence-corrected chi connectivity index (χ3v) is 4.65. The van der Waals surface area contributed by atoms with E-state index >= 15 is 0 Å². The molecule has 0 aliphatic carbocycles. The third-order valence-electron chi connectivity index (χ3n) is 3.00. The maximum atomic E-state index is 11.9. The highest BCUT2D eigenvalue weighted by Crippen LogP contribution is 2.20. The van der Waals surface area contributed by atoms with E-state index in [0.29, 0.717) is 11.0 Å². The predicted octanol–water partition coefficient (Wildman–Crippen LogP) is 1.23. The highest BCUT2D eigenvalue weighted by atomic mass is 32.2. The monoisotopic (exact) mass is 312 g/mol. The SMILES string of the molecule is CC(C)n1ncc2cc(NS(=O)(=O)C(C)C(=O)O)cnc21. The molecule has 0 fully saturated rings. The van der Waals surface area contributed by atoms with E-state index in [1.165, 1.54) is 6.20 Å². The summed E-state index contributed by atoms with van der Waals surface area (Å²) in [5, 5.41) is 12.1. The number of fused-ring (bicyclic) bond motifs is 1. The van der Waals surface area contributed by atoms with Crippen molar-refractivity contribution in [2.24, 2.45) is 0 Å². The van der Waals surface area contributed by atoms with Crippen LogP contribution < -0.4 is 4.72 Å². The van der Waals surface area contributed by atoms with Crippen molar-refractivity contribution < 1.29 is 18.3 Å². The number of hydrogen-bond acceptors (Lipinski definition) is 5. The van der Waals surface area contributed by atoms with E-state index in [4.69, 9.17) is 5.11 Å². The van der Waals surface area contributed by atoms with Gasteiger partial charge in [0.05, 0.1) is 18.1 Å². The predicted molar refractivity (Wildman–Crippen MR) is 77.6 cm³/mol. The molecule has 21 heavy (non-hydrogen) atoms. The largest absolute Gasteiger partial charge is 0.480 e. The van der Waals surface area contributed by atoms with Gasteiger partial charge < -0.3 is 5.11 Å². The molecule has 114 valence electrons. The van der Waals surface area contributed by atoms with Gasteiger partial charge in [-0.3, -0.25) is 9.52 Å². The second-order valence-electron chi connectivity index (χ2n) is 4.95. The first-order valence-corrected chi connectivity index (χ1v) is 7.84. The molecule has 1 atom stereocenters. The molecule has 2 heterocycles. The fraction of sp³-hybridized carbons (Fsp3) is 0.417. The Labute approximate surface area is 121 Å². The summed E-state index contributed by atoms with van der Waals surface area (Å²) >= 11 is 0. The van der Waals surface area contributed by atoms with Gasteiger partial charge in [0.15, 0.2) is 10.9 Å². The molecule has 0 aliphatic rings. The van der Waals surface area contributed by atoms with Crippen LogP contribution in [0.4, 0.5) is 5.69 Å². The van der Waals surface area contributed by atoms with Crippen molar-refractivity contribution >= 4 is 32.7 Å². The summed E-state index contributed by atoms with van der Waals surface area (Å²) in [5.41, 5.74) is 0.845. The summed E-state index contributed by atoms with van der Waals surface area (Å²) in [4.78, 5) is 15.0. The number of aromatic nitrogens is 3. The number of carboxylic acids is 1. The van der Waals surface area contributed by atoms with Gasteiger partial charge in [-0.2, -0.15) is 5.10 Å². The average molecular weight is 312 g/mol. The third kappa shape index (κ3) is 2.97. The van der Waals surface area contributed by atoms with Crippen LogP contribution in [0.15, 0.2) is 18.5 Å². The van der Waals surface area contributed by atoms with Crippen LogP contribution in [0.25, 0.3) is 11.0 Å². The smallest absolute Gasteiger partial charge is 0.323 e. The van der Waals surface area contributed by atoms with Crippen LogP contribution in [0, 0.1) is 0 Å². The topological polar surface area (TPSA) is 114 Å². The van der Waals surface area contributed by atoms with Crippen LogP contribution in [0.5, 0.6) is 0 Å². The second-order valence-corrected chi connectivity index (χ2v) is 6.95. The number of aliphatic carboxylic acids is 1. The maximum absolute atomic E-state index is 11.9. The fourth-order valence-electron chi connectivity index (χ4n) is 1.76. The molecule has 0 aliphatic heterocycles. The zero-order chi connectivity index (χ0) is 15.8. The maximum Gasteiger partial charge on any atom is 0.323 e. The summed E-state index contributed by atoms with van der Waals surface area (Å²) in [7, 11) is -4.01. The van der Waals surface area contributed by atoms with Crippen LogP contribution in [-0.4, -0.2) is 39.5 Å². The lowest BCUT2D eigenvalue weighted by Gasteiger charge is -2.11. The first-order valence-electron chi connectivity index (χ1n) is 6.30. The van der Waals surface area contributed by atoms with E-state index in [2.05, 4.69) is 14.8 Å². The molecule has 0 bridgehead atoms. The lowest BCUT2D eigenvalue weighted by Crippen LogP contribution is -2.32. The van der Waals surface area contributed by atoms with Crippen molar-refractivity contribution in [1.29, 1.82) is 0 Å². The molecular weight excluding hydrogens is 296 g/mol. The molecular formula is C12H16N4O4S. The fourth-order valence-corrected chi connectivity index (χ4v) is 2.64. The Morgan fingerprint density at radius 1 is 1.33 bits per heavy atom. The Bertz CT molecular complexity index is 782. The van der Waals surface area contributed by atoms with Crippen molar-refractivity contribution in [3.8, 4) is 0 Å². The lowest BCUT2D eigenvalue weighted by atomic mass is 10.3. The van der Waals surface area contributed by atoms with Crippen LogP contribution in [0.1, 0.15) is 26.8 Å². The Balaban J connectivity index is 2.35. The number of anilines is 1. The van der Waals surface area contributed by atoms with Crippen molar-refractivity contribution in [2.45, 2.75) is 32.1 Å². The molecule has 2 aromatic heterocycles. The van der Waals surface area contributed by atoms with Crippen LogP contribution in [-0.2, 0) is 14.8 Å². The van der Waals surface area contributed by atoms with E-state index in [1.54, 1.807) is 16.9 Å². The Kier molecular flexibility index (Phi) is 3.86. The van der Waals surface area contributed by atoms with E-state index in [9.17, 15) is 13.2 Å². The molecule has 2 aromatic rings. The molecule has 2 N–H and O–H groups in total. The zero-order valence-electron chi connectivity index (χ0n) is 11.8. The first kappa shape index (κ1) is 15.2. The molecule has 0 aromatic carbocycles. The van der Waals surface area contributed by atoms with E-state index in [1.807, 2.05) is 13.8 Å². The van der Waals surface area contributed by atoms with Gasteiger partial charge in [0.25, 0.3) is 0 Å². The zero-order valence-corrected chi connectivity index (χ0v) is 12.6. The van der Waals surface area contributed by atoms with Crippen molar-refractivity contribution in [2.75, 3.05) is 4.72 Å². The van der Waals surface area contributed by atoms with Crippen molar-refractivity contribution in [3.05, 3.63) is 18.5 Å². The number of pyridine rings is 1. The number of nitrogens with one attached hydrogen (secondary N) is 1. The Morgan fingerprint density at radius 2 is 2.00 bits per heavy atom. The number of nitrogens with zero attached hydrogens (tertiary/aromatic N) is 3. The van der Waals surface area contributed by atoms with Crippen LogP contribution >= 0.6 is 0 Å². The number of hydrogen-bond donors (Lipinski definition) is 2. The Morgan fingerprint density at radius 3 is 2.57 bits per heavy atom. The standard InChI is InChI=1S/C12H16N4O4S/c1-7(2)16-11-9(5-14-16)4-10(6-13-11)15-21(19,20)8(3)12(17)18/h4-8,15H,1-3H3,(H,17,18). The summed E-state index contributed by atoms with van der Waals surface area (Å²) in [5.74, 6) is -1.41. The number of carboxylic acid groups (broad SMARTS) is 1. The van der Waals surface area contributed by atoms with Gasteiger partial charge in [0.1, 0.15) is 0 Å². The molecule has 8 nitrogen and oxygen atoms in total. The molecule has 0 amide bonds. The molecule has 2 rings (SSSR count). The Hall–Kier alpha value is -2.16. The highest BCUT2D eigenvalue weighted by molar-refractivity contribution is 7.94. The molecule has 0 saturated carbocycles. The molecule has 9 heteroatoms. The van der Waals surface area contributed by atoms with Crippen molar-refractivity contribution in [1.82, 2.24) is 14.8 Å². The second kappa shape index (κ2) is 5.32. The number of rotatable bonds is 5. The quantitative estimate of drug-likeness (QED) is 0.858. The number of carbonyl (C=O) groups is 1. The summed E-state index contributed by atoms with van der Waals surface area (Å²) in [6.07, 6.45) is 2.93. The average Bonchev–Trinajstić information content (AvgIpc) is 2.80. The van der Waals surface area contributed by atoms with E-state index in [-0.39, 0.29) is 11.7 Å². The van der Waals surface area contributed by atoms with Gasteiger partial charge in [-0.1, -0.05) is 0 Å². The molecule has 0 spiro atoms. The van der Waals surface area contributed by atoms with Gasteiger partial charge in [0.2, 0.25) is 10.0 Å². The summed E-state index contributed by atoms with van der Waals surface area (Å²) < 4.78 is 27.6. The minimum Gasteiger partial charge on any atom is -0.480 e. The van der Waals surface area contributed by atoms with Gasteiger partial charge in [-0.15, -0.1) is 0 Å². The minimum atomic E-state index is -4.01. The van der Waals surface area contributed by atoms with Gasteiger partial charge in [-0.25, -0.2) is 18.1 Å². The van der Waals surface area contributed by atoms with Gasteiger partial charge in [-0.05, 0) is 26.8 Å². The molecule has 0 saturated heterocycles. The highest BCUT2D eigenvalue weighted by Gasteiger charge is 2.27. The van der Waals surface area contributed by atoms with E-state index < -0.39 is 21.2 Å².